The average Bonchev–Trinajstić information content (AvgIpc) is 3.30. The number of hydrogen-bond acceptors (Lipinski definition) is 6. The van der Waals surface area contributed by atoms with Crippen LogP contribution >= 0.6 is 0 Å². The molecule has 1 saturated heterocycles. The van der Waals surface area contributed by atoms with Crippen LogP contribution in [0.3, 0.4) is 0 Å². The van der Waals surface area contributed by atoms with Crippen molar-refractivity contribution in [1.82, 2.24) is 24.2 Å². The third-order valence-electron chi connectivity index (χ3n) is 6.97. The molecule has 204 valence electrons. The molecule has 4 aromatic rings. The lowest BCUT2D eigenvalue weighted by molar-refractivity contribution is -0.274. The van der Waals surface area contributed by atoms with Gasteiger partial charge in [0.2, 0.25) is 5.91 Å². The van der Waals surface area contributed by atoms with Gasteiger partial charge in [0.15, 0.2) is 5.65 Å². The number of imidazole rings is 1. The van der Waals surface area contributed by atoms with Crippen LogP contribution < -0.4 is 10.1 Å². The van der Waals surface area contributed by atoms with Gasteiger partial charge in [-0.1, -0.05) is 30.3 Å². The average molecular weight is 539 g/mol. The zero-order valence-corrected chi connectivity index (χ0v) is 21.6. The molecule has 11 heteroatoms. The fraction of sp³-hybridized carbons (Fsp3) is 0.321. The maximum absolute atomic E-state index is 13.4. The second-order valence-corrected chi connectivity index (χ2v) is 9.50. The number of nitrogens with zero attached hydrogens (tertiary/aromatic N) is 5. The van der Waals surface area contributed by atoms with E-state index >= 15 is 0 Å². The maximum Gasteiger partial charge on any atom is 0.573 e. The van der Waals surface area contributed by atoms with Gasteiger partial charge in [-0.25, -0.2) is 4.98 Å². The predicted molar refractivity (Wildman–Crippen MR) is 141 cm³/mol. The topological polar surface area (TPSA) is 75.0 Å². The number of carbonyl (C=O) groups is 1. The first-order valence-electron chi connectivity index (χ1n) is 12.7. The maximum atomic E-state index is 13.4. The molecule has 1 aliphatic rings. The van der Waals surface area contributed by atoms with E-state index in [1.54, 1.807) is 29.9 Å². The van der Waals surface area contributed by atoms with Gasteiger partial charge in [0, 0.05) is 50.2 Å². The molecule has 2 atom stereocenters. The molecular formula is C28H29F3N6O2. The third-order valence-corrected chi connectivity index (χ3v) is 6.97. The van der Waals surface area contributed by atoms with Crippen LogP contribution in [0.4, 0.5) is 19.0 Å². The highest BCUT2D eigenvalue weighted by Gasteiger charge is 2.31. The lowest BCUT2D eigenvalue weighted by atomic mass is 10.1. The Morgan fingerprint density at radius 3 is 2.36 bits per heavy atom. The molecule has 8 nitrogen and oxygen atoms in total. The Bertz CT molecular complexity index is 1420. The zero-order valence-electron chi connectivity index (χ0n) is 21.6. The van der Waals surface area contributed by atoms with Crippen molar-refractivity contribution in [1.29, 1.82) is 0 Å². The summed E-state index contributed by atoms with van der Waals surface area (Å²) in [6.07, 6.45) is 0.124. The predicted octanol–water partition coefficient (Wildman–Crippen LogP) is 5.00. The minimum atomic E-state index is -4.77. The molecule has 0 spiro atoms. The van der Waals surface area contributed by atoms with Crippen LogP contribution in [0, 0.1) is 0 Å². The molecule has 1 N–H and O–H groups in total. The van der Waals surface area contributed by atoms with E-state index < -0.39 is 12.4 Å². The van der Waals surface area contributed by atoms with Crippen molar-refractivity contribution in [3.05, 3.63) is 78.8 Å². The number of anilines is 1. The molecule has 0 bridgehead atoms. The summed E-state index contributed by atoms with van der Waals surface area (Å²) in [5, 5.41) is 3.30. The lowest BCUT2D eigenvalue weighted by Crippen LogP contribution is -2.52. The van der Waals surface area contributed by atoms with Crippen LogP contribution in [0.1, 0.15) is 25.5 Å². The Kier molecular flexibility index (Phi) is 7.42. The van der Waals surface area contributed by atoms with Gasteiger partial charge in [-0.15, -0.1) is 13.2 Å². The van der Waals surface area contributed by atoms with Crippen molar-refractivity contribution in [2.24, 2.45) is 0 Å². The molecule has 0 aliphatic carbocycles. The van der Waals surface area contributed by atoms with Gasteiger partial charge >= 0.3 is 6.36 Å². The molecule has 2 aromatic heterocycles. The Labute approximate surface area is 224 Å². The number of amides is 1. The lowest BCUT2D eigenvalue weighted by Gasteiger charge is -2.39. The van der Waals surface area contributed by atoms with Gasteiger partial charge < -0.3 is 15.0 Å². The highest BCUT2D eigenvalue weighted by molar-refractivity contribution is 5.86. The third kappa shape index (κ3) is 5.98. The van der Waals surface area contributed by atoms with Crippen molar-refractivity contribution in [3.8, 4) is 17.0 Å². The van der Waals surface area contributed by atoms with E-state index in [0.29, 0.717) is 35.8 Å². The standard InChI is InChI=1S/C28H29F3N6O2/c1-19(27(38)36-16-14-35(15-17-36)20(2)21-6-4-3-5-7-21)33-26-25(34-24-18-32-12-13-37(24)26)22-8-10-23(11-9-22)39-28(29,30)31/h3-13,18-20,33H,14-17H2,1-2H3. The molecule has 2 unspecified atom stereocenters. The second kappa shape index (κ2) is 10.9. The number of nitrogens with one attached hydrogen (secondary N) is 1. The van der Waals surface area contributed by atoms with Crippen LogP contribution in [0.25, 0.3) is 16.9 Å². The van der Waals surface area contributed by atoms with E-state index in [9.17, 15) is 18.0 Å². The summed E-state index contributed by atoms with van der Waals surface area (Å²) in [6.45, 7) is 6.76. The van der Waals surface area contributed by atoms with Gasteiger partial charge in [-0.3, -0.25) is 19.1 Å². The van der Waals surface area contributed by atoms with Crippen LogP contribution in [0.2, 0.25) is 0 Å². The summed E-state index contributed by atoms with van der Waals surface area (Å²) in [5.74, 6) is 0.190. The van der Waals surface area contributed by atoms with E-state index in [0.717, 1.165) is 13.1 Å². The molecule has 39 heavy (non-hydrogen) atoms. The SMILES string of the molecule is CC(Nc1c(-c2ccc(OC(F)(F)F)cc2)nc2cnccn12)C(=O)N1CCN(C(C)c2ccccc2)CC1. The molecule has 0 radical (unpaired) electrons. The number of alkyl halides is 3. The fourth-order valence-electron chi connectivity index (χ4n) is 4.87. The summed E-state index contributed by atoms with van der Waals surface area (Å²) in [7, 11) is 0. The van der Waals surface area contributed by atoms with Crippen LogP contribution in [-0.2, 0) is 4.79 Å². The summed E-state index contributed by atoms with van der Waals surface area (Å²) >= 11 is 0. The van der Waals surface area contributed by atoms with Crippen LogP contribution in [0.15, 0.2) is 73.2 Å². The Balaban J connectivity index is 1.30. The highest BCUT2D eigenvalue weighted by Crippen LogP contribution is 2.32. The molecule has 0 saturated carbocycles. The van der Waals surface area contributed by atoms with Crippen molar-refractivity contribution < 1.29 is 22.7 Å². The quantitative estimate of drug-likeness (QED) is 0.357. The summed E-state index contributed by atoms with van der Waals surface area (Å²) in [6, 6.07) is 15.5. The summed E-state index contributed by atoms with van der Waals surface area (Å²) in [4.78, 5) is 26.4. The van der Waals surface area contributed by atoms with Crippen molar-refractivity contribution in [2.45, 2.75) is 32.3 Å². The minimum absolute atomic E-state index is 0.0362. The first-order valence-corrected chi connectivity index (χ1v) is 12.7. The van der Waals surface area contributed by atoms with E-state index in [1.807, 2.05) is 23.1 Å². The number of piperazine rings is 1. The van der Waals surface area contributed by atoms with E-state index in [2.05, 4.69) is 44.0 Å². The number of ether oxygens (including phenoxy) is 1. The van der Waals surface area contributed by atoms with Crippen molar-refractivity contribution >= 4 is 17.4 Å². The summed E-state index contributed by atoms with van der Waals surface area (Å²) < 4.78 is 43.5. The van der Waals surface area contributed by atoms with Gasteiger partial charge in [0.05, 0.1) is 6.20 Å². The van der Waals surface area contributed by atoms with Gasteiger partial charge in [0.25, 0.3) is 0 Å². The van der Waals surface area contributed by atoms with Crippen LogP contribution in [-0.4, -0.2) is 68.7 Å². The number of rotatable bonds is 7. The summed E-state index contributed by atoms with van der Waals surface area (Å²) in [5.41, 5.74) is 2.84. The molecule has 1 aliphatic heterocycles. The number of halogens is 3. The van der Waals surface area contributed by atoms with E-state index in [-0.39, 0.29) is 17.7 Å². The molecule has 2 aromatic carbocycles. The number of fused-ring (bicyclic) bond motifs is 1. The van der Waals surface area contributed by atoms with Gasteiger partial charge in [-0.05, 0) is 43.7 Å². The van der Waals surface area contributed by atoms with E-state index in [1.165, 1.54) is 29.8 Å². The largest absolute Gasteiger partial charge is 0.573 e. The normalized spacial score (nSPS) is 16.2. The molecule has 5 rings (SSSR count). The van der Waals surface area contributed by atoms with Crippen molar-refractivity contribution in [2.75, 3.05) is 31.5 Å². The highest BCUT2D eigenvalue weighted by atomic mass is 19.4. The molecule has 3 heterocycles. The Morgan fingerprint density at radius 2 is 1.69 bits per heavy atom. The number of benzene rings is 2. The fourth-order valence-corrected chi connectivity index (χ4v) is 4.87. The number of aromatic nitrogens is 3. The van der Waals surface area contributed by atoms with Gasteiger partial charge in [0.1, 0.15) is 23.3 Å². The van der Waals surface area contributed by atoms with Gasteiger partial charge in [-0.2, -0.15) is 0 Å². The number of carbonyl (C=O) groups excluding carboxylic acids is 1. The van der Waals surface area contributed by atoms with E-state index in [4.69, 9.17) is 0 Å². The van der Waals surface area contributed by atoms with Crippen molar-refractivity contribution in [3.63, 3.8) is 0 Å². The molecular weight excluding hydrogens is 509 g/mol. The smallest absolute Gasteiger partial charge is 0.406 e. The first-order chi connectivity index (χ1) is 18.7. The Morgan fingerprint density at radius 1 is 1.00 bits per heavy atom. The monoisotopic (exact) mass is 538 g/mol. The van der Waals surface area contributed by atoms with Crippen LogP contribution in [0.5, 0.6) is 5.75 Å². The minimum Gasteiger partial charge on any atom is -0.406 e. The second-order valence-electron chi connectivity index (χ2n) is 9.50. The molecule has 1 amide bonds. The first kappa shape index (κ1) is 26.5. The molecule has 1 fully saturated rings. The zero-order chi connectivity index (χ0) is 27.6. The number of hydrogen-bond donors (Lipinski definition) is 1. The Hall–Kier alpha value is -4.12.